The van der Waals surface area contributed by atoms with Crippen molar-refractivity contribution in [3.05, 3.63) is 72.7 Å². The lowest BCUT2D eigenvalue weighted by Gasteiger charge is -2.27. The number of nitrogens with one attached hydrogen (secondary N) is 1. The van der Waals surface area contributed by atoms with E-state index < -0.39 is 0 Å². The molecule has 1 saturated heterocycles. The molecular weight excluding hydrogens is 328 g/mol. The Labute approximate surface area is 152 Å². The highest BCUT2D eigenvalue weighted by Crippen LogP contribution is 2.17. The molecule has 4 rings (SSSR count). The number of anilines is 2. The van der Waals surface area contributed by atoms with Gasteiger partial charge in [0.2, 0.25) is 0 Å². The summed E-state index contributed by atoms with van der Waals surface area (Å²) in [6, 6.07) is 15.2. The SMILES string of the molecule is O=C(Nc1ccc(N2CCOCC2)nc1)c1cccc(-n2cccc2)c1. The van der Waals surface area contributed by atoms with E-state index in [0.717, 1.165) is 37.8 Å². The Bertz CT molecular complexity index is 869. The zero-order valence-electron chi connectivity index (χ0n) is 14.3. The van der Waals surface area contributed by atoms with Gasteiger partial charge >= 0.3 is 0 Å². The van der Waals surface area contributed by atoms with E-state index >= 15 is 0 Å². The molecule has 1 aliphatic rings. The average Bonchev–Trinajstić information content (AvgIpc) is 3.24. The van der Waals surface area contributed by atoms with Gasteiger partial charge in [-0.25, -0.2) is 4.98 Å². The van der Waals surface area contributed by atoms with Gasteiger partial charge in [0.25, 0.3) is 5.91 Å². The Hall–Kier alpha value is -3.12. The molecule has 1 aromatic carbocycles. The van der Waals surface area contributed by atoms with E-state index in [1.54, 1.807) is 12.3 Å². The predicted molar refractivity (Wildman–Crippen MR) is 101 cm³/mol. The monoisotopic (exact) mass is 348 g/mol. The van der Waals surface area contributed by atoms with Crippen molar-refractivity contribution in [2.75, 3.05) is 36.5 Å². The second-order valence-electron chi connectivity index (χ2n) is 6.10. The average molecular weight is 348 g/mol. The molecule has 2 aromatic heterocycles. The largest absolute Gasteiger partial charge is 0.378 e. The van der Waals surface area contributed by atoms with Gasteiger partial charge < -0.3 is 19.5 Å². The summed E-state index contributed by atoms with van der Waals surface area (Å²) in [4.78, 5) is 19.2. The first-order chi connectivity index (χ1) is 12.8. The molecular formula is C20H20N4O2. The molecule has 6 nitrogen and oxygen atoms in total. The minimum absolute atomic E-state index is 0.153. The molecule has 1 aliphatic heterocycles. The molecule has 0 radical (unpaired) electrons. The number of hydrogen-bond acceptors (Lipinski definition) is 4. The summed E-state index contributed by atoms with van der Waals surface area (Å²) in [6.45, 7) is 3.12. The van der Waals surface area contributed by atoms with Crippen LogP contribution in [0.4, 0.5) is 11.5 Å². The van der Waals surface area contributed by atoms with E-state index in [-0.39, 0.29) is 5.91 Å². The first kappa shape index (κ1) is 16.4. The minimum atomic E-state index is -0.153. The van der Waals surface area contributed by atoms with Gasteiger partial charge in [0.15, 0.2) is 0 Å². The van der Waals surface area contributed by atoms with Crippen LogP contribution in [-0.2, 0) is 4.74 Å². The molecule has 6 heteroatoms. The smallest absolute Gasteiger partial charge is 0.255 e. The van der Waals surface area contributed by atoms with Crippen molar-refractivity contribution in [3.63, 3.8) is 0 Å². The Morgan fingerprint density at radius 1 is 1.04 bits per heavy atom. The van der Waals surface area contributed by atoms with Crippen molar-refractivity contribution in [1.29, 1.82) is 0 Å². The highest BCUT2D eigenvalue weighted by atomic mass is 16.5. The van der Waals surface area contributed by atoms with Crippen LogP contribution in [0.5, 0.6) is 0 Å². The van der Waals surface area contributed by atoms with E-state index in [4.69, 9.17) is 4.74 Å². The first-order valence-electron chi connectivity index (χ1n) is 8.63. The zero-order valence-corrected chi connectivity index (χ0v) is 14.3. The van der Waals surface area contributed by atoms with Crippen molar-refractivity contribution in [2.45, 2.75) is 0 Å². The van der Waals surface area contributed by atoms with E-state index in [1.165, 1.54) is 0 Å². The maximum Gasteiger partial charge on any atom is 0.255 e. The molecule has 1 N–H and O–H groups in total. The normalized spacial score (nSPS) is 14.2. The molecule has 1 fully saturated rings. The van der Waals surface area contributed by atoms with Crippen molar-refractivity contribution < 1.29 is 9.53 Å². The number of ether oxygens (including phenoxy) is 1. The maximum atomic E-state index is 12.5. The molecule has 0 bridgehead atoms. The van der Waals surface area contributed by atoms with Gasteiger partial charge in [0, 0.05) is 36.7 Å². The second-order valence-corrected chi connectivity index (χ2v) is 6.10. The highest BCUT2D eigenvalue weighted by molar-refractivity contribution is 6.04. The number of rotatable bonds is 4. The number of benzene rings is 1. The van der Waals surface area contributed by atoms with Gasteiger partial charge in [0.05, 0.1) is 25.1 Å². The fourth-order valence-corrected chi connectivity index (χ4v) is 2.96. The van der Waals surface area contributed by atoms with E-state index in [1.807, 2.05) is 59.4 Å². The van der Waals surface area contributed by atoms with Crippen LogP contribution in [0.2, 0.25) is 0 Å². The molecule has 3 heterocycles. The summed E-state index contributed by atoms with van der Waals surface area (Å²) in [7, 11) is 0. The van der Waals surface area contributed by atoms with E-state index in [9.17, 15) is 4.79 Å². The van der Waals surface area contributed by atoms with Crippen molar-refractivity contribution in [3.8, 4) is 5.69 Å². The Kier molecular flexibility index (Phi) is 4.66. The van der Waals surface area contributed by atoms with Gasteiger partial charge in [-0.3, -0.25) is 4.79 Å². The molecule has 26 heavy (non-hydrogen) atoms. The third-order valence-corrected chi connectivity index (χ3v) is 4.35. The quantitative estimate of drug-likeness (QED) is 0.787. The van der Waals surface area contributed by atoms with Gasteiger partial charge in [-0.15, -0.1) is 0 Å². The third kappa shape index (κ3) is 3.60. The number of morpholine rings is 1. The summed E-state index contributed by atoms with van der Waals surface area (Å²) < 4.78 is 7.32. The summed E-state index contributed by atoms with van der Waals surface area (Å²) in [5, 5.41) is 2.91. The molecule has 132 valence electrons. The van der Waals surface area contributed by atoms with Crippen LogP contribution in [0.25, 0.3) is 5.69 Å². The fourth-order valence-electron chi connectivity index (χ4n) is 2.96. The summed E-state index contributed by atoms with van der Waals surface area (Å²) in [5.41, 5.74) is 2.23. The standard InChI is InChI=1S/C20H20N4O2/c25-20(16-4-3-5-18(14-16)23-8-1-2-9-23)22-17-6-7-19(21-15-17)24-10-12-26-13-11-24/h1-9,14-15H,10-13H2,(H,22,25). The van der Waals surface area contributed by atoms with Gasteiger partial charge in [-0.05, 0) is 42.5 Å². The molecule has 0 unspecified atom stereocenters. The van der Waals surface area contributed by atoms with Crippen LogP contribution >= 0.6 is 0 Å². The van der Waals surface area contributed by atoms with Gasteiger partial charge in [-0.2, -0.15) is 0 Å². The fraction of sp³-hybridized carbons (Fsp3) is 0.200. The molecule has 0 atom stereocenters. The van der Waals surface area contributed by atoms with Crippen molar-refractivity contribution >= 4 is 17.4 Å². The van der Waals surface area contributed by atoms with Crippen molar-refractivity contribution in [2.24, 2.45) is 0 Å². The highest BCUT2D eigenvalue weighted by Gasteiger charge is 2.13. The molecule has 3 aromatic rings. The maximum absolute atomic E-state index is 12.5. The number of aromatic nitrogens is 2. The van der Waals surface area contributed by atoms with Gasteiger partial charge in [-0.1, -0.05) is 6.07 Å². The third-order valence-electron chi connectivity index (χ3n) is 4.35. The zero-order chi connectivity index (χ0) is 17.8. The number of nitrogens with zero attached hydrogens (tertiary/aromatic N) is 3. The van der Waals surface area contributed by atoms with Crippen LogP contribution in [-0.4, -0.2) is 41.8 Å². The number of carbonyl (C=O) groups is 1. The van der Waals surface area contributed by atoms with Crippen LogP contribution in [0.1, 0.15) is 10.4 Å². The van der Waals surface area contributed by atoms with Crippen LogP contribution in [0.3, 0.4) is 0 Å². The predicted octanol–water partition coefficient (Wildman–Crippen LogP) is 2.96. The number of pyridine rings is 1. The lowest BCUT2D eigenvalue weighted by Crippen LogP contribution is -2.36. The Morgan fingerprint density at radius 3 is 2.58 bits per heavy atom. The lowest BCUT2D eigenvalue weighted by molar-refractivity contribution is 0.102. The Balaban J connectivity index is 1.45. The summed E-state index contributed by atoms with van der Waals surface area (Å²) in [6.07, 6.45) is 5.59. The van der Waals surface area contributed by atoms with E-state index in [0.29, 0.717) is 11.3 Å². The van der Waals surface area contributed by atoms with Crippen molar-refractivity contribution in [1.82, 2.24) is 9.55 Å². The van der Waals surface area contributed by atoms with E-state index in [2.05, 4.69) is 15.2 Å². The number of hydrogen-bond donors (Lipinski definition) is 1. The minimum Gasteiger partial charge on any atom is -0.378 e. The molecule has 1 amide bonds. The molecule has 0 saturated carbocycles. The number of amides is 1. The summed E-state index contributed by atoms with van der Waals surface area (Å²) >= 11 is 0. The second kappa shape index (κ2) is 7.41. The summed E-state index contributed by atoms with van der Waals surface area (Å²) in [5.74, 6) is 0.751. The number of carbonyl (C=O) groups excluding carboxylic acids is 1. The van der Waals surface area contributed by atoms with Crippen LogP contribution in [0.15, 0.2) is 67.1 Å². The lowest BCUT2D eigenvalue weighted by atomic mass is 10.2. The first-order valence-corrected chi connectivity index (χ1v) is 8.63. The van der Waals surface area contributed by atoms with Gasteiger partial charge in [0.1, 0.15) is 5.82 Å². The molecule has 0 aliphatic carbocycles. The topological polar surface area (TPSA) is 59.4 Å². The van der Waals surface area contributed by atoms with Crippen LogP contribution < -0.4 is 10.2 Å². The Morgan fingerprint density at radius 2 is 1.85 bits per heavy atom. The van der Waals surface area contributed by atoms with Crippen LogP contribution in [0, 0.1) is 0 Å². The molecule has 0 spiro atoms.